The molecule has 1 fully saturated rings. The van der Waals surface area contributed by atoms with Crippen LogP contribution in [0.1, 0.15) is 6.92 Å². The van der Waals surface area contributed by atoms with Crippen LogP contribution >= 0.6 is 0 Å². The van der Waals surface area contributed by atoms with Gasteiger partial charge < -0.3 is 14.8 Å². The van der Waals surface area contributed by atoms with Gasteiger partial charge in [0.15, 0.2) is 0 Å². The first-order valence-electron chi connectivity index (χ1n) is 8.61. The van der Waals surface area contributed by atoms with E-state index in [1.54, 1.807) is 24.7 Å². The van der Waals surface area contributed by atoms with Gasteiger partial charge in [0, 0.05) is 57.3 Å². The summed E-state index contributed by atoms with van der Waals surface area (Å²) in [6.07, 6.45) is 5.35. The lowest BCUT2D eigenvalue weighted by Crippen LogP contribution is -2.54. The summed E-state index contributed by atoms with van der Waals surface area (Å²) >= 11 is 0. The number of hydrogen-bond acceptors (Lipinski definition) is 4. The molecule has 0 bridgehead atoms. The largest absolute Gasteiger partial charge is 0.369 e. The van der Waals surface area contributed by atoms with Crippen molar-refractivity contribution in [3.8, 4) is 0 Å². The molecule has 25 heavy (non-hydrogen) atoms. The number of aromatic nitrogens is 2. The number of piperazine rings is 1. The lowest BCUT2D eigenvalue weighted by Gasteiger charge is -2.38. The van der Waals surface area contributed by atoms with E-state index in [2.05, 4.69) is 20.1 Å². The zero-order valence-corrected chi connectivity index (χ0v) is 14.4. The van der Waals surface area contributed by atoms with E-state index < -0.39 is 0 Å². The molecule has 0 aliphatic carbocycles. The van der Waals surface area contributed by atoms with Crippen LogP contribution in [-0.4, -0.2) is 59.1 Å². The number of benzene rings is 1. The average Bonchev–Trinajstić information content (AvgIpc) is 3.15. The van der Waals surface area contributed by atoms with E-state index in [-0.39, 0.29) is 17.8 Å². The number of halogens is 1. The topological polar surface area (TPSA) is 53.4 Å². The molecule has 2 aromatic rings. The minimum Gasteiger partial charge on any atom is -0.369 e. The first kappa shape index (κ1) is 17.4. The van der Waals surface area contributed by atoms with Gasteiger partial charge in [-0.1, -0.05) is 0 Å². The number of nitrogens with zero attached hydrogens (tertiary/aromatic N) is 4. The highest BCUT2D eigenvalue weighted by Gasteiger charge is 2.25. The summed E-state index contributed by atoms with van der Waals surface area (Å²) in [5, 5.41) is 2.98. The van der Waals surface area contributed by atoms with Gasteiger partial charge in [0.2, 0.25) is 5.91 Å². The van der Waals surface area contributed by atoms with E-state index in [0.717, 1.165) is 38.4 Å². The lowest BCUT2D eigenvalue weighted by molar-refractivity contribution is -0.126. The maximum Gasteiger partial charge on any atom is 0.237 e. The molecule has 0 unspecified atom stereocenters. The van der Waals surface area contributed by atoms with Gasteiger partial charge in [-0.3, -0.25) is 9.69 Å². The molecule has 1 amide bonds. The number of carbonyl (C=O) groups is 1. The SMILES string of the molecule is C[C@@H](C(=O)NCCn1ccnc1)N1CCN(c2ccc(F)cc2)CC1. The highest BCUT2D eigenvalue weighted by molar-refractivity contribution is 5.81. The first-order chi connectivity index (χ1) is 12.1. The van der Waals surface area contributed by atoms with Crippen LogP contribution in [0, 0.1) is 5.82 Å². The average molecular weight is 345 g/mol. The molecule has 1 N–H and O–H groups in total. The second kappa shape index (κ2) is 8.11. The van der Waals surface area contributed by atoms with E-state index in [1.165, 1.54) is 12.1 Å². The number of rotatable bonds is 6. The monoisotopic (exact) mass is 345 g/mol. The van der Waals surface area contributed by atoms with Crippen molar-refractivity contribution in [2.24, 2.45) is 0 Å². The molecule has 3 rings (SSSR count). The van der Waals surface area contributed by atoms with Gasteiger partial charge in [-0.2, -0.15) is 0 Å². The number of carbonyl (C=O) groups excluding carboxylic acids is 1. The van der Waals surface area contributed by atoms with Crippen molar-refractivity contribution >= 4 is 11.6 Å². The second-order valence-corrected chi connectivity index (χ2v) is 6.27. The van der Waals surface area contributed by atoms with Gasteiger partial charge in [-0.15, -0.1) is 0 Å². The summed E-state index contributed by atoms with van der Waals surface area (Å²) in [5.74, 6) is -0.168. The van der Waals surface area contributed by atoms with E-state index >= 15 is 0 Å². The highest BCUT2D eigenvalue weighted by Crippen LogP contribution is 2.17. The normalized spacial score (nSPS) is 16.6. The molecule has 1 aliphatic heterocycles. The van der Waals surface area contributed by atoms with Crippen molar-refractivity contribution in [1.29, 1.82) is 0 Å². The molecule has 0 radical (unpaired) electrons. The molecule has 1 atom stereocenters. The van der Waals surface area contributed by atoms with Crippen LogP contribution in [-0.2, 0) is 11.3 Å². The number of imidazole rings is 1. The van der Waals surface area contributed by atoms with Gasteiger partial charge >= 0.3 is 0 Å². The predicted octanol–water partition coefficient (Wildman–Crippen LogP) is 1.35. The van der Waals surface area contributed by atoms with Crippen LogP contribution in [0.25, 0.3) is 0 Å². The Morgan fingerprint density at radius 1 is 1.24 bits per heavy atom. The Morgan fingerprint density at radius 3 is 2.60 bits per heavy atom. The van der Waals surface area contributed by atoms with Gasteiger partial charge in [-0.25, -0.2) is 9.37 Å². The third kappa shape index (κ3) is 4.57. The molecule has 2 heterocycles. The van der Waals surface area contributed by atoms with Gasteiger partial charge in [-0.05, 0) is 31.2 Å². The fraction of sp³-hybridized carbons (Fsp3) is 0.444. The minimum absolute atomic E-state index is 0.0512. The zero-order chi connectivity index (χ0) is 17.6. The summed E-state index contributed by atoms with van der Waals surface area (Å²) in [5.41, 5.74) is 1.03. The van der Waals surface area contributed by atoms with Crippen molar-refractivity contribution < 1.29 is 9.18 Å². The third-order valence-corrected chi connectivity index (χ3v) is 4.66. The fourth-order valence-electron chi connectivity index (χ4n) is 3.06. The smallest absolute Gasteiger partial charge is 0.237 e. The molecule has 0 spiro atoms. The van der Waals surface area contributed by atoms with Crippen LogP contribution in [0.15, 0.2) is 43.0 Å². The Labute approximate surface area is 147 Å². The maximum absolute atomic E-state index is 13.0. The molecular weight excluding hydrogens is 321 g/mol. The van der Waals surface area contributed by atoms with Crippen LogP contribution in [0.2, 0.25) is 0 Å². The molecule has 1 aromatic carbocycles. The lowest BCUT2D eigenvalue weighted by atomic mass is 10.2. The summed E-state index contributed by atoms with van der Waals surface area (Å²) in [6, 6.07) is 6.42. The molecule has 1 aromatic heterocycles. The fourth-order valence-corrected chi connectivity index (χ4v) is 3.06. The third-order valence-electron chi connectivity index (χ3n) is 4.66. The van der Waals surface area contributed by atoms with E-state index in [9.17, 15) is 9.18 Å². The quantitative estimate of drug-likeness (QED) is 0.859. The summed E-state index contributed by atoms with van der Waals surface area (Å²) in [7, 11) is 0. The Balaban J connectivity index is 1.43. The van der Waals surface area contributed by atoms with Crippen molar-refractivity contribution in [1.82, 2.24) is 19.8 Å². The van der Waals surface area contributed by atoms with Gasteiger partial charge in [0.05, 0.1) is 12.4 Å². The Hall–Kier alpha value is -2.41. The predicted molar refractivity (Wildman–Crippen MR) is 94.9 cm³/mol. The van der Waals surface area contributed by atoms with Crippen LogP contribution in [0.3, 0.4) is 0 Å². The summed E-state index contributed by atoms with van der Waals surface area (Å²) in [6.45, 7) is 6.55. The van der Waals surface area contributed by atoms with Crippen molar-refractivity contribution in [2.45, 2.75) is 19.5 Å². The molecule has 1 saturated heterocycles. The number of hydrogen-bond donors (Lipinski definition) is 1. The molecule has 0 saturated carbocycles. The summed E-state index contributed by atoms with van der Waals surface area (Å²) < 4.78 is 15.0. The molecular formula is C18H24FN5O. The van der Waals surface area contributed by atoms with E-state index in [4.69, 9.17) is 0 Å². The maximum atomic E-state index is 13.0. The molecule has 6 nitrogen and oxygen atoms in total. The second-order valence-electron chi connectivity index (χ2n) is 6.27. The minimum atomic E-state index is -0.219. The van der Waals surface area contributed by atoms with Gasteiger partial charge in [0.25, 0.3) is 0 Å². The molecule has 7 heteroatoms. The zero-order valence-electron chi connectivity index (χ0n) is 14.4. The highest BCUT2D eigenvalue weighted by atomic mass is 19.1. The molecule has 134 valence electrons. The van der Waals surface area contributed by atoms with Crippen molar-refractivity contribution in [2.75, 3.05) is 37.6 Å². The Bertz CT molecular complexity index is 665. The standard InChI is InChI=1S/C18H24FN5O/c1-15(18(25)21-7-9-22-8-6-20-14-22)23-10-12-24(13-11-23)17-4-2-16(19)3-5-17/h2-6,8,14-15H,7,9-13H2,1H3,(H,21,25)/t15-/m0/s1. The Kier molecular flexibility index (Phi) is 5.65. The molecule has 1 aliphatic rings. The van der Waals surface area contributed by atoms with Crippen molar-refractivity contribution in [3.05, 3.63) is 48.8 Å². The van der Waals surface area contributed by atoms with Gasteiger partial charge in [0.1, 0.15) is 5.82 Å². The van der Waals surface area contributed by atoms with Crippen LogP contribution in [0.5, 0.6) is 0 Å². The van der Waals surface area contributed by atoms with Crippen LogP contribution in [0.4, 0.5) is 10.1 Å². The Morgan fingerprint density at radius 2 is 1.96 bits per heavy atom. The number of amides is 1. The summed E-state index contributed by atoms with van der Waals surface area (Å²) in [4.78, 5) is 20.7. The number of anilines is 1. The van der Waals surface area contributed by atoms with Crippen molar-refractivity contribution in [3.63, 3.8) is 0 Å². The van der Waals surface area contributed by atoms with Crippen LogP contribution < -0.4 is 10.2 Å². The number of nitrogens with one attached hydrogen (secondary N) is 1. The van der Waals surface area contributed by atoms with E-state index in [1.807, 2.05) is 17.7 Å². The first-order valence-corrected chi connectivity index (χ1v) is 8.61. The van der Waals surface area contributed by atoms with E-state index in [0.29, 0.717) is 6.54 Å².